The highest BCUT2D eigenvalue weighted by Gasteiger charge is 2.15. The van der Waals surface area contributed by atoms with E-state index in [-0.39, 0.29) is 17.3 Å². The van der Waals surface area contributed by atoms with Gasteiger partial charge in [0.1, 0.15) is 0 Å². The Labute approximate surface area is 150 Å². The maximum atomic E-state index is 11.0. The number of fused-ring (bicyclic) bond motifs is 1. The van der Waals surface area contributed by atoms with Crippen LogP contribution in [0.4, 0.5) is 16.5 Å². The maximum Gasteiger partial charge on any atom is 0.270 e. The molecule has 9 heteroatoms. The summed E-state index contributed by atoms with van der Waals surface area (Å²) in [5, 5.41) is 31.8. The second-order valence-corrected chi connectivity index (χ2v) is 6.23. The highest BCUT2D eigenvalue weighted by molar-refractivity contribution is 7.13. The van der Waals surface area contributed by atoms with Crippen LogP contribution in [0.5, 0.6) is 5.88 Å². The van der Waals surface area contributed by atoms with Crippen LogP contribution < -0.4 is 0 Å². The molecule has 2 N–H and O–H groups in total. The molecule has 0 atom stereocenters. The maximum absolute atomic E-state index is 11.0. The SMILES string of the molecule is O=[N+]([O-])c1ccc2[nH]c(O)c(N=Nc3nc(-c4ccccc4)cs3)c2c1. The first-order valence-corrected chi connectivity index (χ1v) is 8.41. The van der Waals surface area contributed by atoms with Crippen LogP contribution in [0.2, 0.25) is 0 Å². The molecule has 4 aromatic rings. The highest BCUT2D eigenvalue weighted by atomic mass is 32.1. The zero-order valence-electron chi connectivity index (χ0n) is 13.2. The minimum Gasteiger partial charge on any atom is -0.493 e. The molecule has 0 saturated heterocycles. The Hall–Kier alpha value is -3.59. The molecule has 8 nitrogen and oxygen atoms in total. The van der Waals surface area contributed by atoms with Crippen molar-refractivity contribution < 1.29 is 10.0 Å². The van der Waals surface area contributed by atoms with Gasteiger partial charge in [-0.25, -0.2) is 4.98 Å². The number of nitro benzene ring substituents is 1. The van der Waals surface area contributed by atoms with Crippen LogP contribution in [0.3, 0.4) is 0 Å². The predicted octanol–water partition coefficient (Wildman–Crippen LogP) is 5.32. The normalized spacial score (nSPS) is 11.4. The van der Waals surface area contributed by atoms with Crippen molar-refractivity contribution in [1.82, 2.24) is 9.97 Å². The van der Waals surface area contributed by atoms with E-state index in [4.69, 9.17) is 0 Å². The molecule has 0 bridgehead atoms. The van der Waals surface area contributed by atoms with Crippen LogP contribution in [0.15, 0.2) is 64.1 Å². The van der Waals surface area contributed by atoms with Gasteiger partial charge in [-0.2, -0.15) is 0 Å². The van der Waals surface area contributed by atoms with Gasteiger partial charge in [0.15, 0.2) is 5.69 Å². The molecule has 0 fully saturated rings. The number of hydrogen-bond donors (Lipinski definition) is 2. The number of non-ortho nitro benzene ring substituents is 1. The third-order valence-electron chi connectivity index (χ3n) is 3.74. The largest absolute Gasteiger partial charge is 0.493 e. The number of hydrogen-bond acceptors (Lipinski definition) is 7. The van der Waals surface area contributed by atoms with Gasteiger partial charge < -0.3 is 10.1 Å². The smallest absolute Gasteiger partial charge is 0.270 e. The summed E-state index contributed by atoms with van der Waals surface area (Å²) in [5.41, 5.74) is 2.33. The summed E-state index contributed by atoms with van der Waals surface area (Å²) in [7, 11) is 0. The van der Waals surface area contributed by atoms with Crippen molar-refractivity contribution in [1.29, 1.82) is 0 Å². The number of aromatic nitrogens is 2. The average molecular weight is 365 g/mol. The van der Waals surface area contributed by atoms with Crippen molar-refractivity contribution in [2.24, 2.45) is 10.2 Å². The van der Waals surface area contributed by atoms with Crippen LogP contribution in [-0.4, -0.2) is 20.0 Å². The number of azo groups is 1. The Bertz CT molecular complexity index is 1130. The molecule has 0 aliphatic rings. The van der Waals surface area contributed by atoms with E-state index < -0.39 is 4.92 Å². The van der Waals surface area contributed by atoms with Gasteiger partial charge in [0.2, 0.25) is 11.0 Å². The molecule has 4 rings (SSSR count). The summed E-state index contributed by atoms with van der Waals surface area (Å²) in [6.07, 6.45) is 0. The Morgan fingerprint density at radius 1 is 1.15 bits per heavy atom. The van der Waals surface area contributed by atoms with Gasteiger partial charge in [-0.3, -0.25) is 10.1 Å². The van der Waals surface area contributed by atoms with Crippen LogP contribution in [0, 0.1) is 10.1 Å². The highest BCUT2D eigenvalue weighted by Crippen LogP contribution is 2.38. The van der Waals surface area contributed by atoms with Crippen molar-refractivity contribution in [3.63, 3.8) is 0 Å². The minimum atomic E-state index is -0.503. The third kappa shape index (κ3) is 2.91. The number of aromatic amines is 1. The lowest BCUT2D eigenvalue weighted by Crippen LogP contribution is -1.86. The lowest BCUT2D eigenvalue weighted by atomic mass is 10.2. The quantitative estimate of drug-likeness (QED) is 0.289. The van der Waals surface area contributed by atoms with E-state index in [1.165, 1.54) is 29.5 Å². The zero-order valence-corrected chi connectivity index (χ0v) is 14.0. The number of benzene rings is 2. The first kappa shape index (κ1) is 15.9. The fourth-order valence-corrected chi connectivity index (χ4v) is 3.16. The zero-order chi connectivity index (χ0) is 18.1. The minimum absolute atomic E-state index is 0.0893. The molecule has 0 amide bonds. The van der Waals surface area contributed by atoms with E-state index >= 15 is 0 Å². The van der Waals surface area contributed by atoms with Gasteiger partial charge in [-0.05, 0) is 6.07 Å². The molecule has 128 valence electrons. The number of H-pyrrole nitrogens is 1. The van der Waals surface area contributed by atoms with Crippen LogP contribution in [0.1, 0.15) is 0 Å². The van der Waals surface area contributed by atoms with E-state index in [1.54, 1.807) is 0 Å². The van der Waals surface area contributed by atoms with Gasteiger partial charge in [-0.1, -0.05) is 30.3 Å². The fraction of sp³-hybridized carbons (Fsp3) is 0. The van der Waals surface area contributed by atoms with Crippen molar-refractivity contribution in [3.05, 3.63) is 64.0 Å². The van der Waals surface area contributed by atoms with E-state index in [9.17, 15) is 15.2 Å². The van der Waals surface area contributed by atoms with E-state index in [1.807, 2.05) is 35.7 Å². The number of nitrogens with one attached hydrogen (secondary N) is 1. The van der Waals surface area contributed by atoms with Crippen molar-refractivity contribution >= 4 is 38.7 Å². The molecule has 2 aromatic heterocycles. The lowest BCUT2D eigenvalue weighted by Gasteiger charge is -1.93. The van der Waals surface area contributed by atoms with Gasteiger partial charge in [0, 0.05) is 28.5 Å². The number of rotatable bonds is 4. The molecular weight excluding hydrogens is 354 g/mol. The molecular formula is C17H11N5O3S. The number of nitrogens with zero attached hydrogens (tertiary/aromatic N) is 4. The molecule has 0 unspecified atom stereocenters. The van der Waals surface area contributed by atoms with Crippen LogP contribution in [0.25, 0.3) is 22.2 Å². The Kier molecular flexibility index (Phi) is 3.90. The van der Waals surface area contributed by atoms with Crippen molar-refractivity contribution in [2.45, 2.75) is 0 Å². The van der Waals surface area contributed by atoms with E-state index in [2.05, 4.69) is 20.2 Å². The van der Waals surface area contributed by atoms with Gasteiger partial charge >= 0.3 is 0 Å². The predicted molar refractivity (Wildman–Crippen MR) is 98.3 cm³/mol. The summed E-state index contributed by atoms with van der Waals surface area (Å²) in [5.74, 6) is -0.205. The summed E-state index contributed by atoms with van der Waals surface area (Å²) in [6, 6.07) is 13.9. The molecule has 0 radical (unpaired) electrons. The first-order valence-electron chi connectivity index (χ1n) is 7.53. The van der Waals surface area contributed by atoms with Gasteiger partial charge in [0.25, 0.3) is 5.69 Å². The monoisotopic (exact) mass is 365 g/mol. The summed E-state index contributed by atoms with van der Waals surface area (Å²) in [6.45, 7) is 0. The average Bonchev–Trinajstić information content (AvgIpc) is 3.24. The van der Waals surface area contributed by atoms with Gasteiger partial charge in [-0.15, -0.1) is 21.6 Å². The Morgan fingerprint density at radius 2 is 1.96 bits per heavy atom. The Morgan fingerprint density at radius 3 is 2.73 bits per heavy atom. The number of aromatic hydroxyl groups is 1. The van der Waals surface area contributed by atoms with Crippen molar-refractivity contribution in [3.8, 4) is 17.1 Å². The van der Waals surface area contributed by atoms with Crippen LogP contribution >= 0.6 is 11.3 Å². The van der Waals surface area contributed by atoms with E-state index in [0.29, 0.717) is 16.0 Å². The molecule has 26 heavy (non-hydrogen) atoms. The summed E-state index contributed by atoms with van der Waals surface area (Å²) in [4.78, 5) is 17.6. The molecule has 2 aromatic carbocycles. The number of thiazole rings is 1. The number of nitro groups is 1. The van der Waals surface area contributed by atoms with Crippen molar-refractivity contribution in [2.75, 3.05) is 0 Å². The molecule has 0 aliphatic heterocycles. The summed E-state index contributed by atoms with van der Waals surface area (Å²) >= 11 is 1.31. The molecule has 0 saturated carbocycles. The molecule has 0 aliphatic carbocycles. The second kappa shape index (κ2) is 6.37. The third-order valence-corrected chi connectivity index (χ3v) is 4.47. The topological polar surface area (TPSA) is 117 Å². The van der Waals surface area contributed by atoms with Crippen LogP contribution in [-0.2, 0) is 0 Å². The molecule has 0 spiro atoms. The Balaban J connectivity index is 1.69. The van der Waals surface area contributed by atoms with Gasteiger partial charge in [0.05, 0.1) is 16.1 Å². The molecule has 2 heterocycles. The fourth-order valence-electron chi connectivity index (χ4n) is 2.51. The lowest BCUT2D eigenvalue weighted by molar-refractivity contribution is -0.384. The summed E-state index contributed by atoms with van der Waals surface area (Å²) < 4.78 is 0. The second-order valence-electron chi connectivity index (χ2n) is 5.39. The first-order chi connectivity index (χ1) is 12.6. The standard InChI is InChI=1S/C17H11N5O3S/c23-16-15(12-8-11(22(24)25)6-7-13(12)18-16)20-21-17-19-14(9-26-17)10-4-2-1-3-5-10/h1-9,18,23H. The van der Waals surface area contributed by atoms with E-state index in [0.717, 1.165) is 11.3 Å².